The largest absolute Gasteiger partial charge is 0.338 e. The van der Waals surface area contributed by atoms with Gasteiger partial charge in [-0.05, 0) is 25.0 Å². The van der Waals surface area contributed by atoms with E-state index in [1.807, 2.05) is 47.8 Å². The molecule has 0 bridgehead atoms. The van der Waals surface area contributed by atoms with Crippen molar-refractivity contribution in [1.29, 1.82) is 0 Å². The fourth-order valence-electron chi connectivity index (χ4n) is 3.70. The lowest BCUT2D eigenvalue weighted by molar-refractivity contribution is 0.0762. The van der Waals surface area contributed by atoms with E-state index in [-0.39, 0.29) is 5.91 Å². The fraction of sp³-hybridized carbons (Fsp3) is 0.286. The maximum atomic E-state index is 12.9. The maximum Gasteiger partial charge on any atom is 0.255 e. The zero-order valence-corrected chi connectivity index (χ0v) is 15.1. The molecular weight excluding hydrogens is 324 g/mol. The Kier molecular flexibility index (Phi) is 4.29. The summed E-state index contributed by atoms with van der Waals surface area (Å²) in [5.74, 6) is 0.0528. The van der Waals surface area contributed by atoms with Gasteiger partial charge in [0.2, 0.25) is 0 Å². The zero-order valence-electron chi connectivity index (χ0n) is 15.1. The first-order valence-corrected chi connectivity index (χ1v) is 8.94. The Morgan fingerprint density at radius 1 is 1.08 bits per heavy atom. The van der Waals surface area contributed by atoms with Crippen molar-refractivity contribution in [3.63, 3.8) is 0 Å². The molecule has 1 aliphatic rings. The van der Waals surface area contributed by atoms with Gasteiger partial charge in [0, 0.05) is 50.1 Å². The SMILES string of the molecule is Cc1cncc(C(=O)N2CCc3nn(C)c(-c4ccccc4)c3CC2)c1. The van der Waals surface area contributed by atoms with Gasteiger partial charge in [-0.2, -0.15) is 5.10 Å². The molecule has 0 aliphatic carbocycles. The van der Waals surface area contributed by atoms with Crippen LogP contribution in [-0.2, 0) is 19.9 Å². The Morgan fingerprint density at radius 3 is 2.62 bits per heavy atom. The fourth-order valence-corrected chi connectivity index (χ4v) is 3.70. The van der Waals surface area contributed by atoms with Crippen LogP contribution in [0.15, 0.2) is 48.8 Å². The molecule has 5 heteroatoms. The van der Waals surface area contributed by atoms with Crippen LogP contribution in [0.1, 0.15) is 27.2 Å². The molecule has 0 saturated carbocycles. The van der Waals surface area contributed by atoms with Crippen LogP contribution in [0.5, 0.6) is 0 Å². The highest BCUT2D eigenvalue weighted by molar-refractivity contribution is 5.94. The third-order valence-corrected chi connectivity index (χ3v) is 4.94. The molecule has 2 aromatic heterocycles. The van der Waals surface area contributed by atoms with Crippen molar-refractivity contribution < 1.29 is 4.79 Å². The monoisotopic (exact) mass is 346 g/mol. The minimum atomic E-state index is 0.0528. The van der Waals surface area contributed by atoms with Crippen LogP contribution in [0.25, 0.3) is 11.3 Å². The molecular formula is C21H22N4O. The van der Waals surface area contributed by atoms with Gasteiger partial charge < -0.3 is 4.90 Å². The van der Waals surface area contributed by atoms with Crippen LogP contribution in [0.2, 0.25) is 0 Å². The lowest BCUT2D eigenvalue weighted by Crippen LogP contribution is -2.33. The van der Waals surface area contributed by atoms with Gasteiger partial charge in [-0.3, -0.25) is 14.5 Å². The molecule has 1 aromatic carbocycles. The van der Waals surface area contributed by atoms with E-state index >= 15 is 0 Å². The van der Waals surface area contributed by atoms with Crippen molar-refractivity contribution in [2.24, 2.45) is 7.05 Å². The van der Waals surface area contributed by atoms with Crippen molar-refractivity contribution in [3.05, 3.63) is 71.2 Å². The molecule has 0 radical (unpaired) electrons. The normalized spacial score (nSPS) is 14.0. The maximum absolute atomic E-state index is 12.9. The summed E-state index contributed by atoms with van der Waals surface area (Å²) in [5, 5.41) is 4.73. The average Bonchev–Trinajstić information content (AvgIpc) is 2.83. The van der Waals surface area contributed by atoms with Crippen LogP contribution in [-0.4, -0.2) is 38.7 Å². The second-order valence-corrected chi connectivity index (χ2v) is 6.81. The van der Waals surface area contributed by atoms with Crippen LogP contribution >= 0.6 is 0 Å². The van der Waals surface area contributed by atoms with E-state index in [4.69, 9.17) is 5.10 Å². The quantitative estimate of drug-likeness (QED) is 0.717. The third-order valence-electron chi connectivity index (χ3n) is 4.94. The predicted octanol–water partition coefficient (Wildman–Crippen LogP) is 3.03. The third kappa shape index (κ3) is 3.01. The summed E-state index contributed by atoms with van der Waals surface area (Å²) in [4.78, 5) is 18.9. The molecule has 0 fully saturated rings. The number of benzene rings is 1. The number of carbonyl (C=O) groups is 1. The van der Waals surface area contributed by atoms with E-state index in [0.29, 0.717) is 18.7 Å². The molecule has 0 saturated heterocycles. The van der Waals surface area contributed by atoms with Crippen LogP contribution in [0.3, 0.4) is 0 Å². The first-order chi connectivity index (χ1) is 12.6. The number of carbonyl (C=O) groups excluding carboxylic acids is 1. The molecule has 3 aromatic rings. The van der Waals surface area contributed by atoms with Crippen LogP contribution in [0, 0.1) is 6.92 Å². The standard InChI is InChI=1S/C21H22N4O/c1-15-12-17(14-22-13-15)21(26)25-10-8-18-19(9-11-25)23-24(2)20(18)16-6-4-3-5-7-16/h3-7,12-14H,8-11H2,1-2H3. The van der Waals surface area contributed by atoms with E-state index < -0.39 is 0 Å². The van der Waals surface area contributed by atoms with E-state index in [1.165, 1.54) is 11.1 Å². The summed E-state index contributed by atoms with van der Waals surface area (Å²) in [7, 11) is 2.00. The number of amides is 1. The van der Waals surface area contributed by atoms with Gasteiger partial charge in [-0.1, -0.05) is 30.3 Å². The number of fused-ring (bicyclic) bond motifs is 1. The van der Waals surface area contributed by atoms with E-state index in [2.05, 4.69) is 17.1 Å². The average molecular weight is 346 g/mol. The van der Waals surface area contributed by atoms with Crippen molar-refractivity contribution in [1.82, 2.24) is 19.7 Å². The molecule has 0 spiro atoms. The Hall–Kier alpha value is -2.95. The number of aryl methyl sites for hydroxylation is 2. The minimum Gasteiger partial charge on any atom is -0.338 e. The van der Waals surface area contributed by atoms with Crippen LogP contribution in [0.4, 0.5) is 0 Å². The van der Waals surface area contributed by atoms with Crippen molar-refractivity contribution >= 4 is 5.91 Å². The van der Waals surface area contributed by atoms with Gasteiger partial charge in [0.05, 0.1) is 17.0 Å². The Bertz CT molecular complexity index is 946. The summed E-state index contributed by atoms with van der Waals surface area (Å²) in [5.41, 5.74) is 6.36. The summed E-state index contributed by atoms with van der Waals surface area (Å²) in [6, 6.07) is 12.3. The van der Waals surface area contributed by atoms with Gasteiger partial charge in [0.15, 0.2) is 0 Å². The Balaban J connectivity index is 1.60. The number of nitrogens with zero attached hydrogens (tertiary/aromatic N) is 4. The van der Waals surface area contributed by atoms with Crippen LogP contribution < -0.4 is 0 Å². The minimum absolute atomic E-state index is 0.0528. The number of pyridine rings is 1. The van der Waals surface area contributed by atoms with Gasteiger partial charge in [0.25, 0.3) is 5.91 Å². The lowest BCUT2D eigenvalue weighted by Gasteiger charge is -2.20. The summed E-state index contributed by atoms with van der Waals surface area (Å²) >= 11 is 0. The zero-order chi connectivity index (χ0) is 18.1. The summed E-state index contributed by atoms with van der Waals surface area (Å²) in [6.45, 7) is 3.34. The van der Waals surface area contributed by atoms with Crippen molar-refractivity contribution in [2.45, 2.75) is 19.8 Å². The molecule has 1 amide bonds. The molecule has 3 heterocycles. The van der Waals surface area contributed by atoms with Crippen molar-refractivity contribution in [3.8, 4) is 11.3 Å². The Labute approximate surface area is 153 Å². The van der Waals surface area contributed by atoms with Gasteiger partial charge >= 0.3 is 0 Å². The molecule has 26 heavy (non-hydrogen) atoms. The molecule has 0 unspecified atom stereocenters. The first kappa shape index (κ1) is 16.5. The summed E-state index contributed by atoms with van der Waals surface area (Å²) in [6.07, 6.45) is 5.02. The number of rotatable bonds is 2. The second kappa shape index (κ2) is 6.75. The topological polar surface area (TPSA) is 51.0 Å². The van der Waals surface area contributed by atoms with Gasteiger partial charge in [0.1, 0.15) is 0 Å². The molecule has 1 aliphatic heterocycles. The highest BCUT2D eigenvalue weighted by Crippen LogP contribution is 2.28. The summed E-state index contributed by atoms with van der Waals surface area (Å²) < 4.78 is 1.97. The molecule has 4 rings (SSSR count). The molecule has 0 N–H and O–H groups in total. The predicted molar refractivity (Wildman–Crippen MR) is 101 cm³/mol. The Morgan fingerprint density at radius 2 is 1.85 bits per heavy atom. The first-order valence-electron chi connectivity index (χ1n) is 8.94. The molecule has 132 valence electrons. The highest BCUT2D eigenvalue weighted by atomic mass is 16.2. The second-order valence-electron chi connectivity index (χ2n) is 6.81. The van der Waals surface area contributed by atoms with Crippen molar-refractivity contribution in [2.75, 3.05) is 13.1 Å². The van der Waals surface area contributed by atoms with Gasteiger partial charge in [-0.25, -0.2) is 0 Å². The molecule has 0 atom stereocenters. The molecule has 5 nitrogen and oxygen atoms in total. The van der Waals surface area contributed by atoms with E-state index in [1.54, 1.807) is 12.4 Å². The van der Waals surface area contributed by atoms with E-state index in [0.717, 1.165) is 29.8 Å². The van der Waals surface area contributed by atoms with Gasteiger partial charge in [-0.15, -0.1) is 0 Å². The smallest absolute Gasteiger partial charge is 0.255 e. The highest BCUT2D eigenvalue weighted by Gasteiger charge is 2.25. The van der Waals surface area contributed by atoms with E-state index in [9.17, 15) is 4.79 Å². The number of aromatic nitrogens is 3. The number of hydrogen-bond donors (Lipinski definition) is 0. The lowest BCUT2D eigenvalue weighted by atomic mass is 10.0. The number of hydrogen-bond acceptors (Lipinski definition) is 3.